The summed E-state index contributed by atoms with van der Waals surface area (Å²) in [6, 6.07) is 6.18. The van der Waals surface area contributed by atoms with Gasteiger partial charge in [-0.2, -0.15) is 0 Å². The number of unbranched alkanes of at least 4 members (excludes halogenated alkanes) is 3. The molecular weight excluding hydrogens is 372 g/mol. The fourth-order valence-electron chi connectivity index (χ4n) is 3.23. The van der Waals surface area contributed by atoms with Crippen molar-refractivity contribution in [2.24, 2.45) is 0 Å². The molecule has 29 heavy (non-hydrogen) atoms. The third-order valence-corrected chi connectivity index (χ3v) is 4.79. The number of nitrogens with one attached hydrogen (secondary N) is 1. The van der Waals surface area contributed by atoms with Crippen molar-refractivity contribution in [2.75, 3.05) is 26.3 Å². The highest BCUT2D eigenvalue weighted by Crippen LogP contribution is 2.23. The summed E-state index contributed by atoms with van der Waals surface area (Å²) in [5, 5.41) is 2.73. The summed E-state index contributed by atoms with van der Waals surface area (Å²) in [5.74, 6) is -0.618. The second-order valence-corrected chi connectivity index (χ2v) is 7.14. The highest BCUT2D eigenvalue weighted by atomic mass is 16.5. The van der Waals surface area contributed by atoms with E-state index in [1.165, 1.54) is 4.90 Å². The molecule has 2 rings (SSSR count). The summed E-state index contributed by atoms with van der Waals surface area (Å²) in [6.45, 7) is 5.58. The monoisotopic (exact) mass is 404 g/mol. The number of para-hydroxylation sites is 1. The average Bonchev–Trinajstić information content (AvgIpc) is 2.73. The smallest absolute Gasteiger partial charge is 0.308 e. The minimum absolute atomic E-state index is 0.155. The number of benzene rings is 1. The zero-order chi connectivity index (χ0) is 21.1. The summed E-state index contributed by atoms with van der Waals surface area (Å²) < 4.78 is 11.0. The topological polar surface area (TPSA) is 84.9 Å². The Morgan fingerprint density at radius 2 is 1.90 bits per heavy atom. The van der Waals surface area contributed by atoms with Gasteiger partial charge in [-0.1, -0.05) is 45.2 Å². The highest BCUT2D eigenvalue weighted by Gasteiger charge is 2.36. The van der Waals surface area contributed by atoms with Crippen LogP contribution in [0.1, 0.15) is 62.7 Å². The molecule has 0 aliphatic carbocycles. The number of esters is 1. The molecule has 160 valence electrons. The zero-order valence-corrected chi connectivity index (χ0v) is 17.4. The average molecular weight is 405 g/mol. The lowest BCUT2D eigenvalue weighted by molar-refractivity contribution is -0.147. The van der Waals surface area contributed by atoms with Crippen molar-refractivity contribution in [3.63, 3.8) is 0 Å². The largest absolute Gasteiger partial charge is 0.493 e. The number of carbonyl (C=O) groups is 3. The third kappa shape index (κ3) is 6.76. The fraction of sp³-hybridized carbons (Fsp3) is 0.591. The molecule has 0 bridgehead atoms. The number of nitrogens with zero attached hydrogens (tertiary/aromatic N) is 1. The van der Waals surface area contributed by atoms with Crippen LogP contribution >= 0.6 is 0 Å². The van der Waals surface area contributed by atoms with E-state index in [9.17, 15) is 14.4 Å². The maximum Gasteiger partial charge on any atom is 0.308 e. The van der Waals surface area contributed by atoms with Crippen molar-refractivity contribution >= 4 is 17.8 Å². The van der Waals surface area contributed by atoms with E-state index in [0.29, 0.717) is 44.0 Å². The molecule has 1 aromatic carbocycles. The molecule has 1 fully saturated rings. The van der Waals surface area contributed by atoms with Gasteiger partial charge in [-0.15, -0.1) is 0 Å². The van der Waals surface area contributed by atoms with E-state index in [0.717, 1.165) is 25.7 Å². The van der Waals surface area contributed by atoms with Gasteiger partial charge in [-0.25, -0.2) is 0 Å². The van der Waals surface area contributed by atoms with Gasteiger partial charge >= 0.3 is 5.97 Å². The van der Waals surface area contributed by atoms with Crippen LogP contribution in [0, 0.1) is 0 Å². The van der Waals surface area contributed by atoms with Crippen LogP contribution in [0.2, 0.25) is 0 Å². The molecule has 0 saturated carbocycles. The van der Waals surface area contributed by atoms with E-state index in [-0.39, 0.29) is 18.2 Å². The Morgan fingerprint density at radius 1 is 1.10 bits per heavy atom. The molecular formula is C22H32N2O5. The second-order valence-electron chi connectivity index (χ2n) is 7.14. The fourth-order valence-corrected chi connectivity index (χ4v) is 3.23. The van der Waals surface area contributed by atoms with Gasteiger partial charge in [0.1, 0.15) is 11.8 Å². The lowest BCUT2D eigenvalue weighted by atomic mass is 10.1. The highest BCUT2D eigenvalue weighted by molar-refractivity contribution is 6.01. The Balaban J connectivity index is 2.09. The van der Waals surface area contributed by atoms with Crippen molar-refractivity contribution in [1.29, 1.82) is 0 Å². The van der Waals surface area contributed by atoms with Crippen LogP contribution in [0.25, 0.3) is 0 Å². The van der Waals surface area contributed by atoms with Gasteiger partial charge in [0.05, 0.1) is 25.2 Å². The molecule has 0 radical (unpaired) electrons. The van der Waals surface area contributed by atoms with Crippen molar-refractivity contribution < 1.29 is 23.9 Å². The minimum atomic E-state index is -0.877. The summed E-state index contributed by atoms with van der Waals surface area (Å²) in [5.41, 5.74) is 0.407. The van der Waals surface area contributed by atoms with Crippen LogP contribution in [0.15, 0.2) is 24.3 Å². The predicted molar refractivity (Wildman–Crippen MR) is 110 cm³/mol. The molecule has 1 N–H and O–H groups in total. The van der Waals surface area contributed by atoms with E-state index in [1.54, 1.807) is 18.2 Å². The number of carbonyl (C=O) groups excluding carboxylic acids is 3. The number of hydrogen-bond acceptors (Lipinski definition) is 5. The second kappa shape index (κ2) is 12.1. The van der Waals surface area contributed by atoms with Crippen LogP contribution in [0.5, 0.6) is 5.75 Å². The molecule has 1 aliphatic heterocycles. The van der Waals surface area contributed by atoms with E-state index in [4.69, 9.17) is 9.47 Å². The van der Waals surface area contributed by atoms with E-state index in [1.807, 2.05) is 13.0 Å². The molecule has 2 amide bonds. The van der Waals surface area contributed by atoms with Crippen LogP contribution in [-0.2, 0) is 14.3 Å². The quantitative estimate of drug-likeness (QED) is 0.453. The standard InChI is InChI=1S/C22H32N2O5/c1-3-5-6-9-15-28-19-11-8-7-10-17(19)22(27)24-13-12-23-21(26)18(24)16-20(25)29-14-4-2/h7-8,10-11,18H,3-6,9,12-16H2,1-2H3,(H,23,26). The summed E-state index contributed by atoms with van der Waals surface area (Å²) in [4.78, 5) is 39.1. The number of amides is 2. The van der Waals surface area contributed by atoms with Crippen LogP contribution in [0.4, 0.5) is 0 Å². The first-order chi connectivity index (χ1) is 14.1. The molecule has 1 saturated heterocycles. The summed E-state index contributed by atoms with van der Waals surface area (Å²) in [7, 11) is 0. The molecule has 7 nitrogen and oxygen atoms in total. The Hall–Kier alpha value is -2.57. The SMILES string of the molecule is CCCCCCOc1ccccc1C(=O)N1CCNC(=O)C1CC(=O)OCCC. The van der Waals surface area contributed by atoms with Gasteiger partial charge in [0.25, 0.3) is 5.91 Å². The number of ether oxygens (including phenoxy) is 2. The molecule has 0 aromatic heterocycles. The van der Waals surface area contributed by atoms with Gasteiger partial charge in [0.2, 0.25) is 5.91 Å². The molecule has 1 aliphatic rings. The van der Waals surface area contributed by atoms with Crippen LogP contribution in [0.3, 0.4) is 0 Å². The van der Waals surface area contributed by atoms with Crippen LogP contribution in [-0.4, -0.2) is 55.0 Å². The van der Waals surface area contributed by atoms with Crippen molar-refractivity contribution in [2.45, 2.75) is 58.4 Å². The predicted octanol–water partition coefficient (Wildman–Crippen LogP) is 2.93. The normalized spacial score (nSPS) is 16.3. The zero-order valence-electron chi connectivity index (χ0n) is 17.4. The number of rotatable bonds is 11. The molecule has 1 unspecified atom stereocenters. The minimum Gasteiger partial charge on any atom is -0.493 e. The van der Waals surface area contributed by atoms with Crippen LogP contribution < -0.4 is 10.1 Å². The molecule has 7 heteroatoms. The first-order valence-electron chi connectivity index (χ1n) is 10.5. The van der Waals surface area contributed by atoms with Gasteiger partial charge in [-0.3, -0.25) is 14.4 Å². The summed E-state index contributed by atoms with van der Waals surface area (Å²) >= 11 is 0. The first kappa shape index (κ1) is 22.7. The Labute approximate surface area is 172 Å². The number of hydrogen-bond donors (Lipinski definition) is 1. The Bertz CT molecular complexity index is 692. The van der Waals surface area contributed by atoms with Gasteiger partial charge < -0.3 is 19.7 Å². The Morgan fingerprint density at radius 3 is 2.66 bits per heavy atom. The van der Waals surface area contributed by atoms with E-state index in [2.05, 4.69) is 12.2 Å². The number of piperazine rings is 1. The third-order valence-electron chi connectivity index (χ3n) is 4.79. The van der Waals surface area contributed by atoms with Gasteiger partial charge in [0, 0.05) is 13.1 Å². The van der Waals surface area contributed by atoms with Gasteiger partial charge in [-0.05, 0) is 25.0 Å². The van der Waals surface area contributed by atoms with E-state index < -0.39 is 12.0 Å². The van der Waals surface area contributed by atoms with E-state index >= 15 is 0 Å². The molecule has 1 aromatic rings. The lowest BCUT2D eigenvalue weighted by Crippen LogP contribution is -2.57. The van der Waals surface area contributed by atoms with Gasteiger partial charge in [0.15, 0.2) is 0 Å². The van der Waals surface area contributed by atoms with Crippen molar-refractivity contribution in [3.05, 3.63) is 29.8 Å². The maximum absolute atomic E-state index is 13.2. The van der Waals surface area contributed by atoms with Crippen molar-refractivity contribution in [3.8, 4) is 5.75 Å². The van der Waals surface area contributed by atoms with Crippen molar-refractivity contribution in [1.82, 2.24) is 10.2 Å². The first-order valence-corrected chi connectivity index (χ1v) is 10.5. The Kier molecular flexibility index (Phi) is 9.47. The maximum atomic E-state index is 13.2. The molecule has 1 heterocycles. The molecule has 1 atom stereocenters. The summed E-state index contributed by atoms with van der Waals surface area (Å²) in [6.07, 6.45) is 4.86. The lowest BCUT2D eigenvalue weighted by Gasteiger charge is -2.34. The molecule has 0 spiro atoms.